The summed E-state index contributed by atoms with van der Waals surface area (Å²) in [6.07, 6.45) is 1.05. The van der Waals surface area contributed by atoms with Crippen molar-refractivity contribution in [2.75, 3.05) is 19.9 Å². The first-order chi connectivity index (χ1) is 10.6. The summed E-state index contributed by atoms with van der Waals surface area (Å²) < 4.78 is 30.1. The zero-order chi connectivity index (χ0) is 17.6. The van der Waals surface area contributed by atoms with Crippen LogP contribution < -0.4 is 9.46 Å². The van der Waals surface area contributed by atoms with Gasteiger partial charge in [0, 0.05) is 13.1 Å². The van der Waals surface area contributed by atoms with Crippen molar-refractivity contribution in [2.45, 2.75) is 33.4 Å². The number of benzene rings is 1. The van der Waals surface area contributed by atoms with Gasteiger partial charge in [-0.25, -0.2) is 13.1 Å². The molecule has 0 spiro atoms. The molecule has 1 atom stereocenters. The maximum atomic E-state index is 12.6. The molecule has 6 nitrogen and oxygen atoms in total. The van der Waals surface area contributed by atoms with E-state index in [4.69, 9.17) is 4.74 Å². The Hall–Kier alpha value is -1.60. The highest BCUT2D eigenvalue weighted by Gasteiger charge is 2.23. The number of rotatable bonds is 8. The van der Waals surface area contributed by atoms with E-state index in [9.17, 15) is 13.2 Å². The van der Waals surface area contributed by atoms with Crippen LogP contribution in [0.25, 0.3) is 0 Å². The highest BCUT2D eigenvalue weighted by molar-refractivity contribution is 7.88. The van der Waals surface area contributed by atoms with Gasteiger partial charge in [-0.3, -0.25) is 4.79 Å². The predicted molar refractivity (Wildman–Crippen MR) is 90.7 cm³/mol. The molecule has 1 N–H and O–H groups in total. The third kappa shape index (κ3) is 7.00. The van der Waals surface area contributed by atoms with Gasteiger partial charge in [0.1, 0.15) is 5.75 Å². The van der Waals surface area contributed by atoms with Crippen molar-refractivity contribution < 1.29 is 17.9 Å². The SMILES string of the molecule is COc1ccc(CN(CC(C)C)C(=O)C(C)NS(C)(=O)=O)cc1. The maximum absolute atomic E-state index is 12.6. The second kappa shape index (κ2) is 8.31. The number of sulfonamides is 1. The smallest absolute Gasteiger partial charge is 0.240 e. The largest absolute Gasteiger partial charge is 0.497 e. The number of carbonyl (C=O) groups is 1. The van der Waals surface area contributed by atoms with E-state index < -0.39 is 16.1 Å². The van der Waals surface area contributed by atoms with Gasteiger partial charge in [0.05, 0.1) is 19.4 Å². The lowest BCUT2D eigenvalue weighted by atomic mass is 10.1. The first-order valence-corrected chi connectivity index (χ1v) is 9.40. The molecule has 0 fully saturated rings. The normalized spacial score (nSPS) is 13.0. The number of nitrogens with one attached hydrogen (secondary N) is 1. The summed E-state index contributed by atoms with van der Waals surface area (Å²) in [5.74, 6) is 0.796. The predicted octanol–water partition coefficient (Wildman–Crippen LogP) is 1.62. The molecule has 0 saturated heterocycles. The van der Waals surface area contributed by atoms with Gasteiger partial charge in [-0.1, -0.05) is 26.0 Å². The lowest BCUT2D eigenvalue weighted by Crippen LogP contribution is -2.47. The quantitative estimate of drug-likeness (QED) is 0.779. The molecule has 1 aromatic carbocycles. The number of nitrogens with zero attached hydrogens (tertiary/aromatic N) is 1. The number of hydrogen-bond donors (Lipinski definition) is 1. The molecule has 1 rings (SSSR count). The molecule has 0 aliphatic carbocycles. The highest BCUT2D eigenvalue weighted by atomic mass is 32.2. The van der Waals surface area contributed by atoms with Gasteiger partial charge < -0.3 is 9.64 Å². The van der Waals surface area contributed by atoms with Gasteiger partial charge in [0.15, 0.2) is 0 Å². The van der Waals surface area contributed by atoms with E-state index in [2.05, 4.69) is 4.72 Å². The van der Waals surface area contributed by atoms with Gasteiger partial charge in [-0.05, 0) is 30.5 Å². The van der Waals surface area contributed by atoms with Gasteiger partial charge in [-0.15, -0.1) is 0 Å². The zero-order valence-electron chi connectivity index (χ0n) is 14.4. The van der Waals surface area contributed by atoms with Crippen LogP contribution in [0.15, 0.2) is 24.3 Å². The summed E-state index contributed by atoms with van der Waals surface area (Å²) in [7, 11) is -1.83. The Balaban J connectivity index is 2.87. The number of amides is 1. The summed E-state index contributed by atoms with van der Waals surface area (Å²) in [5, 5.41) is 0. The lowest BCUT2D eigenvalue weighted by Gasteiger charge is -2.27. The standard InChI is InChI=1S/C16H26N2O4S/c1-12(2)10-18(16(19)13(3)17-23(5,20)21)11-14-6-8-15(22-4)9-7-14/h6-9,12-13,17H,10-11H2,1-5H3. The van der Waals surface area contributed by atoms with Crippen molar-refractivity contribution in [3.8, 4) is 5.75 Å². The summed E-state index contributed by atoms with van der Waals surface area (Å²) in [6.45, 7) is 6.58. The van der Waals surface area contributed by atoms with E-state index in [1.165, 1.54) is 0 Å². The molecule has 1 aromatic rings. The van der Waals surface area contributed by atoms with Crippen LogP contribution in [0.1, 0.15) is 26.3 Å². The zero-order valence-corrected chi connectivity index (χ0v) is 15.2. The van der Waals surface area contributed by atoms with Crippen LogP contribution in [-0.2, 0) is 21.4 Å². The Morgan fingerprint density at radius 1 is 1.22 bits per heavy atom. The Morgan fingerprint density at radius 2 is 1.78 bits per heavy atom. The molecule has 1 amide bonds. The minimum atomic E-state index is -3.43. The molecular formula is C16H26N2O4S. The summed E-state index contributed by atoms with van der Waals surface area (Å²) >= 11 is 0. The average molecular weight is 342 g/mol. The third-order valence-corrected chi connectivity index (χ3v) is 3.97. The van der Waals surface area contributed by atoms with Gasteiger partial charge in [-0.2, -0.15) is 0 Å². The molecule has 0 saturated carbocycles. The number of hydrogen-bond acceptors (Lipinski definition) is 4. The molecule has 0 aliphatic heterocycles. The molecule has 0 heterocycles. The summed E-state index contributed by atoms with van der Waals surface area (Å²) in [5.41, 5.74) is 0.964. The molecule has 0 aromatic heterocycles. The van der Waals surface area contributed by atoms with E-state index in [0.717, 1.165) is 17.6 Å². The monoisotopic (exact) mass is 342 g/mol. The Labute approximate surface area is 138 Å². The van der Waals surface area contributed by atoms with Crippen molar-refractivity contribution >= 4 is 15.9 Å². The molecule has 7 heteroatoms. The van der Waals surface area contributed by atoms with Gasteiger partial charge >= 0.3 is 0 Å². The first-order valence-electron chi connectivity index (χ1n) is 7.51. The van der Waals surface area contributed by atoms with Crippen molar-refractivity contribution in [1.82, 2.24) is 9.62 Å². The van der Waals surface area contributed by atoms with Crippen molar-refractivity contribution in [2.24, 2.45) is 5.92 Å². The fourth-order valence-electron chi connectivity index (χ4n) is 2.27. The van der Waals surface area contributed by atoms with Crippen molar-refractivity contribution in [1.29, 1.82) is 0 Å². The lowest BCUT2D eigenvalue weighted by molar-refractivity contribution is -0.133. The van der Waals surface area contributed by atoms with E-state index in [0.29, 0.717) is 13.1 Å². The average Bonchev–Trinajstić information content (AvgIpc) is 2.44. The van der Waals surface area contributed by atoms with Gasteiger partial charge in [0.25, 0.3) is 0 Å². The number of carbonyl (C=O) groups excluding carboxylic acids is 1. The fourth-order valence-corrected chi connectivity index (χ4v) is 3.01. The minimum Gasteiger partial charge on any atom is -0.497 e. The van der Waals surface area contributed by atoms with Gasteiger partial charge in [0.2, 0.25) is 15.9 Å². The fraction of sp³-hybridized carbons (Fsp3) is 0.562. The van der Waals surface area contributed by atoms with E-state index >= 15 is 0 Å². The van der Waals surface area contributed by atoms with E-state index in [1.807, 2.05) is 38.1 Å². The topological polar surface area (TPSA) is 75.7 Å². The summed E-state index contributed by atoms with van der Waals surface area (Å²) in [6, 6.07) is 6.68. The van der Waals surface area contributed by atoms with Crippen LogP contribution in [0.4, 0.5) is 0 Å². The minimum absolute atomic E-state index is 0.236. The van der Waals surface area contributed by atoms with Crippen LogP contribution in [-0.4, -0.2) is 45.2 Å². The van der Waals surface area contributed by atoms with Crippen LogP contribution >= 0.6 is 0 Å². The molecule has 0 bridgehead atoms. The summed E-state index contributed by atoms with van der Waals surface area (Å²) in [4.78, 5) is 14.2. The third-order valence-electron chi connectivity index (χ3n) is 3.19. The second-order valence-corrected chi connectivity index (χ2v) is 7.85. The van der Waals surface area contributed by atoms with Crippen molar-refractivity contribution in [3.05, 3.63) is 29.8 Å². The maximum Gasteiger partial charge on any atom is 0.240 e. The van der Waals surface area contributed by atoms with Crippen LogP contribution in [0.3, 0.4) is 0 Å². The van der Waals surface area contributed by atoms with Crippen LogP contribution in [0.2, 0.25) is 0 Å². The Kier molecular flexibility index (Phi) is 7.02. The highest BCUT2D eigenvalue weighted by Crippen LogP contribution is 2.14. The first kappa shape index (κ1) is 19.4. The van der Waals surface area contributed by atoms with Crippen LogP contribution in [0.5, 0.6) is 5.75 Å². The molecule has 130 valence electrons. The molecule has 23 heavy (non-hydrogen) atoms. The Morgan fingerprint density at radius 3 is 2.22 bits per heavy atom. The molecule has 0 aliphatic rings. The molecule has 0 radical (unpaired) electrons. The molecule has 1 unspecified atom stereocenters. The van der Waals surface area contributed by atoms with E-state index in [1.54, 1.807) is 18.9 Å². The van der Waals surface area contributed by atoms with Crippen molar-refractivity contribution in [3.63, 3.8) is 0 Å². The number of methoxy groups -OCH3 is 1. The number of ether oxygens (including phenoxy) is 1. The molecular weight excluding hydrogens is 316 g/mol. The second-order valence-electron chi connectivity index (χ2n) is 6.07. The van der Waals surface area contributed by atoms with E-state index in [-0.39, 0.29) is 11.8 Å². The Bertz CT molecular complexity index is 611. The van der Waals surface area contributed by atoms with Crippen LogP contribution in [0, 0.1) is 5.92 Å².